The molecule has 0 fully saturated rings. The number of aliphatic hydroxyl groups excluding tert-OH is 1. The molecule has 0 aliphatic rings. The monoisotopic (exact) mass is 253 g/mol. The van der Waals surface area contributed by atoms with Gasteiger partial charge in [-0.2, -0.15) is 0 Å². The molecule has 72 valence electrons. The Kier molecular flexibility index (Phi) is 2.65. The van der Waals surface area contributed by atoms with Crippen LogP contribution in [0.3, 0.4) is 0 Å². The third-order valence-corrected chi connectivity index (χ3v) is 2.23. The van der Waals surface area contributed by atoms with E-state index in [1.54, 1.807) is 12.1 Å². The van der Waals surface area contributed by atoms with Gasteiger partial charge in [-0.05, 0) is 40.2 Å². The maximum Gasteiger partial charge on any atom is 0.152 e. The van der Waals surface area contributed by atoms with Crippen molar-refractivity contribution in [2.24, 2.45) is 0 Å². The maximum atomic E-state index is 8.83. The highest BCUT2D eigenvalue weighted by atomic mass is 79.9. The molecule has 4 heteroatoms. The van der Waals surface area contributed by atoms with Crippen LogP contribution in [-0.4, -0.2) is 10.1 Å². The van der Waals surface area contributed by atoms with Crippen LogP contribution in [0, 0.1) is 0 Å². The molecule has 3 nitrogen and oxygen atoms in total. The summed E-state index contributed by atoms with van der Waals surface area (Å²) in [4.78, 5) is 4.23. The van der Waals surface area contributed by atoms with Crippen molar-refractivity contribution in [3.8, 4) is 11.5 Å². The van der Waals surface area contributed by atoms with Crippen LogP contribution < -0.4 is 0 Å². The predicted molar refractivity (Wildman–Crippen MR) is 55.6 cm³/mol. The molecule has 2 rings (SSSR count). The molecule has 2 heterocycles. The highest BCUT2D eigenvalue weighted by Gasteiger charge is 2.05. The zero-order valence-corrected chi connectivity index (χ0v) is 8.86. The van der Waals surface area contributed by atoms with Crippen molar-refractivity contribution in [3.05, 3.63) is 40.7 Å². The third-order valence-electron chi connectivity index (χ3n) is 1.79. The van der Waals surface area contributed by atoms with Crippen LogP contribution in [0.25, 0.3) is 11.5 Å². The Hall–Kier alpha value is -1.13. The molecule has 0 saturated carbocycles. The minimum absolute atomic E-state index is 0.0893. The highest BCUT2D eigenvalue weighted by molar-refractivity contribution is 9.10. The molecular formula is C10H8BrNO2. The van der Waals surface area contributed by atoms with Gasteiger partial charge in [0.05, 0.1) is 0 Å². The molecular weight excluding hydrogens is 246 g/mol. The number of hydrogen-bond donors (Lipinski definition) is 1. The first kappa shape index (κ1) is 9.43. The van der Waals surface area contributed by atoms with E-state index in [-0.39, 0.29) is 6.61 Å². The van der Waals surface area contributed by atoms with Crippen molar-refractivity contribution in [2.75, 3.05) is 0 Å². The summed E-state index contributed by atoms with van der Waals surface area (Å²) < 4.78 is 6.10. The number of aliphatic hydroxyl groups is 1. The highest BCUT2D eigenvalue weighted by Crippen LogP contribution is 2.21. The lowest BCUT2D eigenvalue weighted by Crippen LogP contribution is -1.81. The van der Waals surface area contributed by atoms with E-state index in [0.29, 0.717) is 11.5 Å². The Bertz CT molecular complexity index is 439. The van der Waals surface area contributed by atoms with Crippen LogP contribution in [0.5, 0.6) is 0 Å². The van der Waals surface area contributed by atoms with E-state index in [4.69, 9.17) is 9.52 Å². The number of furan rings is 1. The van der Waals surface area contributed by atoms with E-state index in [0.717, 1.165) is 10.3 Å². The summed E-state index contributed by atoms with van der Waals surface area (Å²) in [5, 5.41) is 8.83. The number of nitrogens with zero attached hydrogens (tertiary/aromatic N) is 1. The van der Waals surface area contributed by atoms with Gasteiger partial charge in [-0.3, -0.25) is 0 Å². The standard InChI is InChI=1S/C10H8BrNO2/c11-10-3-1-2-8(12-10)9-5-4-7(6-13)14-9/h1-5,13H,6H2. The van der Waals surface area contributed by atoms with Gasteiger partial charge < -0.3 is 9.52 Å². The van der Waals surface area contributed by atoms with Crippen molar-refractivity contribution >= 4 is 15.9 Å². The summed E-state index contributed by atoms with van der Waals surface area (Å²) >= 11 is 3.28. The van der Waals surface area contributed by atoms with Crippen molar-refractivity contribution in [2.45, 2.75) is 6.61 Å². The zero-order valence-electron chi connectivity index (χ0n) is 7.27. The van der Waals surface area contributed by atoms with Crippen molar-refractivity contribution in [1.29, 1.82) is 0 Å². The summed E-state index contributed by atoms with van der Waals surface area (Å²) in [6.07, 6.45) is 0. The van der Waals surface area contributed by atoms with E-state index in [9.17, 15) is 0 Å². The van der Waals surface area contributed by atoms with Crippen LogP contribution in [0.1, 0.15) is 5.76 Å². The van der Waals surface area contributed by atoms with Crippen molar-refractivity contribution in [3.63, 3.8) is 0 Å². The van der Waals surface area contributed by atoms with Gasteiger partial charge in [0.1, 0.15) is 22.7 Å². The van der Waals surface area contributed by atoms with Crippen LogP contribution in [0.2, 0.25) is 0 Å². The maximum absolute atomic E-state index is 8.83. The predicted octanol–water partition coefficient (Wildman–Crippen LogP) is 2.60. The van der Waals surface area contributed by atoms with E-state index in [1.165, 1.54) is 0 Å². The molecule has 0 aromatic carbocycles. The Morgan fingerprint density at radius 2 is 2.14 bits per heavy atom. The lowest BCUT2D eigenvalue weighted by molar-refractivity contribution is 0.248. The lowest BCUT2D eigenvalue weighted by Gasteiger charge is -1.96. The molecule has 0 bridgehead atoms. The second kappa shape index (κ2) is 3.94. The van der Waals surface area contributed by atoms with Crippen molar-refractivity contribution < 1.29 is 9.52 Å². The van der Waals surface area contributed by atoms with Crippen LogP contribution in [0.15, 0.2) is 39.4 Å². The largest absolute Gasteiger partial charge is 0.457 e. The summed E-state index contributed by atoms with van der Waals surface area (Å²) in [6.45, 7) is -0.0893. The summed E-state index contributed by atoms with van der Waals surface area (Å²) in [7, 11) is 0. The Morgan fingerprint density at radius 1 is 1.29 bits per heavy atom. The molecule has 0 spiro atoms. The summed E-state index contributed by atoms with van der Waals surface area (Å²) in [5.41, 5.74) is 0.749. The molecule has 0 aliphatic heterocycles. The fraction of sp³-hybridized carbons (Fsp3) is 0.100. The fourth-order valence-corrected chi connectivity index (χ4v) is 1.49. The van der Waals surface area contributed by atoms with Gasteiger partial charge in [-0.15, -0.1) is 0 Å². The number of aromatic nitrogens is 1. The van der Waals surface area contributed by atoms with Crippen LogP contribution in [-0.2, 0) is 6.61 Å². The number of rotatable bonds is 2. The molecule has 0 unspecified atom stereocenters. The molecule has 1 N–H and O–H groups in total. The first-order valence-electron chi connectivity index (χ1n) is 4.12. The van der Waals surface area contributed by atoms with Gasteiger partial charge in [-0.1, -0.05) is 6.07 Å². The van der Waals surface area contributed by atoms with Gasteiger partial charge in [-0.25, -0.2) is 4.98 Å². The van der Waals surface area contributed by atoms with E-state index < -0.39 is 0 Å². The van der Waals surface area contributed by atoms with Gasteiger partial charge in [0.2, 0.25) is 0 Å². The summed E-state index contributed by atoms with van der Waals surface area (Å²) in [6, 6.07) is 9.11. The van der Waals surface area contributed by atoms with Crippen LogP contribution in [0.4, 0.5) is 0 Å². The lowest BCUT2D eigenvalue weighted by atomic mass is 10.3. The molecule has 0 aliphatic carbocycles. The fourth-order valence-electron chi connectivity index (χ4n) is 1.15. The number of pyridine rings is 1. The zero-order chi connectivity index (χ0) is 9.97. The first-order chi connectivity index (χ1) is 6.79. The Labute approximate surface area is 89.5 Å². The summed E-state index contributed by atoms with van der Waals surface area (Å²) in [5.74, 6) is 1.21. The van der Waals surface area contributed by atoms with Gasteiger partial charge in [0.15, 0.2) is 5.76 Å². The number of hydrogen-bond acceptors (Lipinski definition) is 3. The second-order valence-electron chi connectivity index (χ2n) is 2.77. The Morgan fingerprint density at radius 3 is 2.79 bits per heavy atom. The molecule has 2 aromatic rings. The molecule has 2 aromatic heterocycles. The molecule has 0 amide bonds. The molecule has 0 atom stereocenters. The van der Waals surface area contributed by atoms with Gasteiger partial charge in [0, 0.05) is 0 Å². The SMILES string of the molecule is OCc1ccc(-c2cccc(Br)n2)o1. The minimum Gasteiger partial charge on any atom is -0.457 e. The third kappa shape index (κ3) is 1.86. The smallest absolute Gasteiger partial charge is 0.152 e. The topological polar surface area (TPSA) is 46.3 Å². The van der Waals surface area contributed by atoms with E-state index in [1.807, 2.05) is 18.2 Å². The van der Waals surface area contributed by atoms with Gasteiger partial charge in [0.25, 0.3) is 0 Å². The van der Waals surface area contributed by atoms with Crippen molar-refractivity contribution in [1.82, 2.24) is 4.98 Å². The van der Waals surface area contributed by atoms with Crippen LogP contribution >= 0.6 is 15.9 Å². The molecule has 0 radical (unpaired) electrons. The second-order valence-corrected chi connectivity index (χ2v) is 3.58. The van der Waals surface area contributed by atoms with E-state index >= 15 is 0 Å². The molecule has 14 heavy (non-hydrogen) atoms. The normalized spacial score (nSPS) is 10.4. The average molecular weight is 254 g/mol. The first-order valence-corrected chi connectivity index (χ1v) is 4.91. The van der Waals surface area contributed by atoms with E-state index in [2.05, 4.69) is 20.9 Å². The number of halogens is 1. The Balaban J connectivity index is 2.39. The minimum atomic E-state index is -0.0893. The quantitative estimate of drug-likeness (QED) is 0.838. The van der Waals surface area contributed by atoms with Gasteiger partial charge >= 0.3 is 0 Å². The molecule has 0 saturated heterocycles. The average Bonchev–Trinajstić information content (AvgIpc) is 2.66.